The first-order valence-corrected chi connectivity index (χ1v) is 4.13. The lowest BCUT2D eigenvalue weighted by molar-refractivity contribution is -0.161. The Balaban J connectivity index is 2.39. The quantitative estimate of drug-likeness (QED) is 0.570. The van der Waals surface area contributed by atoms with Crippen molar-refractivity contribution in [3.63, 3.8) is 0 Å². The van der Waals surface area contributed by atoms with E-state index in [1.165, 1.54) is 0 Å². The molecule has 3 atom stereocenters. The zero-order valence-corrected chi connectivity index (χ0v) is 7.06. The molecule has 0 spiro atoms. The molecule has 1 saturated heterocycles. The van der Waals surface area contributed by atoms with Crippen LogP contribution in [0.3, 0.4) is 0 Å². The molecule has 0 aromatic heterocycles. The summed E-state index contributed by atoms with van der Waals surface area (Å²) in [5.41, 5.74) is 0. The van der Waals surface area contributed by atoms with E-state index in [9.17, 15) is 9.90 Å². The number of aliphatic hydroxyl groups excluding tert-OH is 2. The van der Waals surface area contributed by atoms with Gasteiger partial charge in [0.1, 0.15) is 6.10 Å². The van der Waals surface area contributed by atoms with E-state index in [-0.39, 0.29) is 18.5 Å². The first-order chi connectivity index (χ1) is 5.58. The van der Waals surface area contributed by atoms with Crippen LogP contribution in [0.2, 0.25) is 0 Å². The third kappa shape index (κ3) is 2.79. The molecule has 0 aromatic rings. The molecule has 12 heavy (non-hydrogen) atoms. The van der Waals surface area contributed by atoms with Gasteiger partial charge in [0.2, 0.25) is 0 Å². The molecule has 4 nitrogen and oxygen atoms in total. The molecule has 70 valence electrons. The highest BCUT2D eigenvalue weighted by Crippen LogP contribution is 2.18. The maximum Gasteiger partial charge on any atom is 0.308 e. The molecule has 0 radical (unpaired) electrons. The summed E-state index contributed by atoms with van der Waals surface area (Å²) in [5.74, 6) is -0.376. The molecule has 4 heteroatoms. The van der Waals surface area contributed by atoms with E-state index in [1.807, 2.05) is 0 Å². The number of hydrogen-bond donors (Lipinski definition) is 2. The minimum absolute atomic E-state index is 0.0797. The fourth-order valence-electron chi connectivity index (χ4n) is 1.39. The summed E-state index contributed by atoms with van der Waals surface area (Å²) in [4.78, 5) is 10.8. The van der Waals surface area contributed by atoms with E-state index in [0.29, 0.717) is 12.8 Å². The van der Waals surface area contributed by atoms with Crippen LogP contribution >= 0.6 is 0 Å². The Bertz CT molecular complexity index is 164. The Hall–Kier alpha value is -0.610. The molecule has 0 aliphatic carbocycles. The zero-order chi connectivity index (χ0) is 9.14. The van der Waals surface area contributed by atoms with Crippen molar-refractivity contribution in [3.8, 4) is 0 Å². The number of carbonyl (C=O) groups excluding carboxylic acids is 1. The number of aliphatic hydroxyl groups is 2. The maximum absolute atomic E-state index is 10.8. The van der Waals surface area contributed by atoms with Crippen LogP contribution in [0.5, 0.6) is 0 Å². The monoisotopic (exact) mass is 174 g/mol. The summed E-state index contributed by atoms with van der Waals surface area (Å²) < 4.78 is 4.91. The summed E-state index contributed by atoms with van der Waals surface area (Å²) in [6.45, 7) is 1.63. The average molecular weight is 174 g/mol. The smallest absolute Gasteiger partial charge is 0.308 e. The lowest BCUT2D eigenvalue weighted by atomic mass is 10.0. The normalized spacial score (nSPS) is 32.8. The van der Waals surface area contributed by atoms with Crippen molar-refractivity contribution in [1.82, 2.24) is 0 Å². The van der Waals surface area contributed by atoms with Crippen molar-refractivity contribution < 1.29 is 19.7 Å². The Morgan fingerprint density at radius 3 is 2.92 bits per heavy atom. The van der Waals surface area contributed by atoms with Gasteiger partial charge < -0.3 is 14.9 Å². The van der Waals surface area contributed by atoms with Crippen molar-refractivity contribution in [1.29, 1.82) is 0 Å². The molecular weight excluding hydrogens is 160 g/mol. The average Bonchev–Trinajstić information content (AvgIpc) is 1.81. The largest absolute Gasteiger partial charge is 0.462 e. The summed E-state index contributed by atoms with van der Waals surface area (Å²) in [5, 5.41) is 18.2. The molecule has 0 aromatic carbocycles. The van der Waals surface area contributed by atoms with Crippen molar-refractivity contribution >= 4 is 5.97 Å². The van der Waals surface area contributed by atoms with Crippen LogP contribution in [-0.4, -0.2) is 34.5 Å². The minimum atomic E-state index is -0.602. The first kappa shape index (κ1) is 9.48. The molecule has 1 aliphatic rings. The summed E-state index contributed by atoms with van der Waals surface area (Å²) in [6, 6.07) is 0. The van der Waals surface area contributed by atoms with E-state index in [0.717, 1.165) is 0 Å². The zero-order valence-electron chi connectivity index (χ0n) is 7.06. The predicted molar refractivity (Wildman–Crippen MR) is 41.4 cm³/mol. The number of hydrogen-bond acceptors (Lipinski definition) is 4. The molecule has 2 N–H and O–H groups in total. The Kier molecular flexibility index (Phi) is 3.05. The van der Waals surface area contributed by atoms with Crippen molar-refractivity contribution in [2.45, 2.75) is 44.5 Å². The van der Waals surface area contributed by atoms with Gasteiger partial charge in [-0.05, 0) is 6.92 Å². The lowest BCUT2D eigenvalue weighted by Crippen LogP contribution is -2.34. The van der Waals surface area contributed by atoms with Gasteiger partial charge in [-0.1, -0.05) is 0 Å². The minimum Gasteiger partial charge on any atom is -0.462 e. The van der Waals surface area contributed by atoms with Gasteiger partial charge in [0.05, 0.1) is 18.6 Å². The third-order valence-corrected chi connectivity index (χ3v) is 1.84. The molecule has 1 rings (SSSR count). The SMILES string of the molecule is C[C@@H](O)CC1C[C@@H](O)CC(=O)O1. The number of ether oxygens (including phenoxy) is 1. The second-order valence-electron chi connectivity index (χ2n) is 3.29. The molecule has 0 saturated carbocycles. The molecule has 1 unspecified atom stereocenters. The van der Waals surface area contributed by atoms with Crippen LogP contribution in [0.25, 0.3) is 0 Å². The van der Waals surface area contributed by atoms with Crippen LogP contribution in [0, 0.1) is 0 Å². The number of rotatable bonds is 2. The summed E-state index contributed by atoms with van der Waals surface area (Å²) in [6.07, 6.45) is -0.486. The summed E-state index contributed by atoms with van der Waals surface area (Å²) >= 11 is 0. The van der Waals surface area contributed by atoms with Crippen LogP contribution in [0.1, 0.15) is 26.2 Å². The topological polar surface area (TPSA) is 66.8 Å². The van der Waals surface area contributed by atoms with E-state index in [2.05, 4.69) is 0 Å². The lowest BCUT2D eigenvalue weighted by Gasteiger charge is -2.26. The second kappa shape index (κ2) is 3.87. The van der Waals surface area contributed by atoms with Gasteiger partial charge in [0.25, 0.3) is 0 Å². The van der Waals surface area contributed by atoms with Gasteiger partial charge in [0.15, 0.2) is 0 Å². The van der Waals surface area contributed by atoms with Crippen molar-refractivity contribution in [2.75, 3.05) is 0 Å². The van der Waals surface area contributed by atoms with Crippen LogP contribution in [0.15, 0.2) is 0 Å². The van der Waals surface area contributed by atoms with Crippen LogP contribution < -0.4 is 0 Å². The van der Waals surface area contributed by atoms with Gasteiger partial charge in [-0.15, -0.1) is 0 Å². The van der Waals surface area contributed by atoms with Gasteiger partial charge in [-0.2, -0.15) is 0 Å². The standard InChI is InChI=1S/C8H14O4/c1-5(9)2-7-3-6(10)4-8(11)12-7/h5-7,9-10H,2-4H2,1H3/t5-,6-,7?/m1/s1. The van der Waals surface area contributed by atoms with E-state index >= 15 is 0 Å². The van der Waals surface area contributed by atoms with Crippen LogP contribution in [-0.2, 0) is 9.53 Å². The highest BCUT2D eigenvalue weighted by atomic mass is 16.5. The van der Waals surface area contributed by atoms with E-state index < -0.39 is 12.2 Å². The fraction of sp³-hybridized carbons (Fsp3) is 0.875. The van der Waals surface area contributed by atoms with Gasteiger partial charge in [0, 0.05) is 12.8 Å². The molecule has 1 heterocycles. The van der Waals surface area contributed by atoms with E-state index in [4.69, 9.17) is 9.84 Å². The van der Waals surface area contributed by atoms with Crippen LogP contribution in [0.4, 0.5) is 0 Å². The van der Waals surface area contributed by atoms with Crippen molar-refractivity contribution in [2.24, 2.45) is 0 Å². The molecule has 1 aliphatic heterocycles. The molecule has 0 bridgehead atoms. The second-order valence-corrected chi connectivity index (χ2v) is 3.29. The molecule has 0 amide bonds. The first-order valence-electron chi connectivity index (χ1n) is 4.13. The van der Waals surface area contributed by atoms with Gasteiger partial charge >= 0.3 is 5.97 Å². The Morgan fingerprint density at radius 1 is 1.75 bits per heavy atom. The van der Waals surface area contributed by atoms with Crippen molar-refractivity contribution in [3.05, 3.63) is 0 Å². The van der Waals surface area contributed by atoms with Gasteiger partial charge in [-0.3, -0.25) is 4.79 Å². The Morgan fingerprint density at radius 2 is 2.42 bits per heavy atom. The third-order valence-electron chi connectivity index (χ3n) is 1.84. The van der Waals surface area contributed by atoms with Gasteiger partial charge in [-0.25, -0.2) is 0 Å². The molecular formula is C8H14O4. The fourth-order valence-corrected chi connectivity index (χ4v) is 1.39. The number of cyclic esters (lactones) is 1. The number of esters is 1. The maximum atomic E-state index is 10.8. The van der Waals surface area contributed by atoms with E-state index in [1.54, 1.807) is 6.92 Å². The highest BCUT2D eigenvalue weighted by Gasteiger charge is 2.27. The summed E-state index contributed by atoms with van der Waals surface area (Å²) in [7, 11) is 0. The number of carbonyl (C=O) groups is 1. The predicted octanol–water partition coefficient (Wildman–Crippen LogP) is -0.176. The highest BCUT2D eigenvalue weighted by molar-refractivity contribution is 5.70. The Labute approximate surface area is 71.2 Å². The molecule has 1 fully saturated rings.